The predicted octanol–water partition coefficient (Wildman–Crippen LogP) is 12.1. The first-order valence-corrected chi connectivity index (χ1v) is 20.7. The summed E-state index contributed by atoms with van der Waals surface area (Å²) < 4.78 is 8.57. The molecule has 0 fully saturated rings. The molecule has 6 aromatic rings. The van der Waals surface area contributed by atoms with E-state index < -0.39 is 39.6 Å². The summed E-state index contributed by atoms with van der Waals surface area (Å²) in [4.78, 5) is 0. The number of fused-ring (bicyclic) bond motifs is 6. The first-order chi connectivity index (χ1) is 20.0. The molecule has 0 spiro atoms. The Morgan fingerprint density at radius 3 is 1.51 bits per heavy atom. The van der Waals surface area contributed by atoms with Crippen molar-refractivity contribution in [1.82, 2.24) is 0 Å². The van der Waals surface area contributed by atoms with Crippen LogP contribution in [0.25, 0.3) is 33.4 Å². The first-order valence-electron chi connectivity index (χ1n) is 13.1. The maximum absolute atomic E-state index is 6.87. The molecule has 2 aliphatic rings. The summed E-state index contributed by atoms with van der Waals surface area (Å²) in [6, 6.07) is 46.3. The SMILES string of the molecule is Clc1cc(-c2cccc(I3c4ccccc4-c4cc(Cl)ccc43)c2)cc(I2c3ccccc3-c3cc(Cl)ccc32)c1. The van der Waals surface area contributed by atoms with E-state index in [0.717, 1.165) is 15.1 Å². The van der Waals surface area contributed by atoms with Gasteiger partial charge in [0.15, 0.2) is 0 Å². The molecule has 2 heterocycles. The summed E-state index contributed by atoms with van der Waals surface area (Å²) in [6.07, 6.45) is 0. The number of benzene rings is 6. The van der Waals surface area contributed by atoms with E-state index >= 15 is 0 Å². The molecule has 2 aliphatic heterocycles. The second kappa shape index (κ2) is 10.4. The van der Waals surface area contributed by atoms with E-state index in [4.69, 9.17) is 34.8 Å². The average molecular weight is 814 g/mol. The summed E-state index contributed by atoms with van der Waals surface area (Å²) >= 11 is 16.0. The Labute approximate surface area is 269 Å². The zero-order valence-corrected chi connectivity index (χ0v) is 28.1. The molecule has 0 aliphatic carbocycles. The van der Waals surface area contributed by atoms with Crippen LogP contribution in [-0.4, -0.2) is 0 Å². The molecule has 0 saturated heterocycles. The summed E-state index contributed by atoms with van der Waals surface area (Å²) in [7, 11) is 0. The number of halogens is 5. The van der Waals surface area contributed by atoms with Crippen LogP contribution in [0.2, 0.25) is 15.1 Å². The van der Waals surface area contributed by atoms with E-state index in [9.17, 15) is 0 Å². The van der Waals surface area contributed by atoms with Crippen LogP contribution in [0.4, 0.5) is 0 Å². The molecule has 0 nitrogen and oxygen atoms in total. The van der Waals surface area contributed by atoms with Gasteiger partial charge in [0.1, 0.15) is 0 Å². The zero-order valence-electron chi connectivity index (χ0n) is 21.5. The minimum absolute atomic E-state index is 0.780. The molecule has 8 rings (SSSR count). The van der Waals surface area contributed by atoms with Gasteiger partial charge in [-0.25, -0.2) is 0 Å². The molecule has 6 aromatic carbocycles. The molecule has 200 valence electrons. The molecular formula is C36H21Cl3I2. The van der Waals surface area contributed by atoms with Gasteiger partial charge in [-0.3, -0.25) is 0 Å². The fourth-order valence-electron chi connectivity index (χ4n) is 5.73. The van der Waals surface area contributed by atoms with Gasteiger partial charge in [-0.1, -0.05) is 0 Å². The van der Waals surface area contributed by atoms with Crippen LogP contribution in [0.15, 0.2) is 127 Å². The molecule has 0 unspecified atom stereocenters. The average Bonchev–Trinajstić information content (AvgIpc) is 3.49. The van der Waals surface area contributed by atoms with Gasteiger partial charge in [0.05, 0.1) is 0 Å². The monoisotopic (exact) mass is 812 g/mol. The summed E-state index contributed by atoms with van der Waals surface area (Å²) in [5.41, 5.74) is 7.58. The van der Waals surface area contributed by atoms with Crippen molar-refractivity contribution in [2.45, 2.75) is 0 Å². The van der Waals surface area contributed by atoms with Crippen LogP contribution < -0.4 is 0 Å². The van der Waals surface area contributed by atoms with Crippen molar-refractivity contribution < 1.29 is 0 Å². The van der Waals surface area contributed by atoms with Crippen LogP contribution in [0.1, 0.15) is 0 Å². The van der Waals surface area contributed by atoms with E-state index in [0.29, 0.717) is 0 Å². The van der Waals surface area contributed by atoms with Crippen LogP contribution in [0, 0.1) is 21.4 Å². The molecule has 0 radical (unpaired) electrons. The van der Waals surface area contributed by atoms with Crippen molar-refractivity contribution in [1.29, 1.82) is 0 Å². The third-order valence-corrected chi connectivity index (χ3v) is 20.3. The van der Waals surface area contributed by atoms with E-state index in [1.165, 1.54) is 54.8 Å². The predicted molar refractivity (Wildman–Crippen MR) is 191 cm³/mol. The summed E-state index contributed by atoms with van der Waals surface area (Å²) in [6.45, 7) is 0. The third-order valence-electron chi connectivity index (χ3n) is 7.46. The molecule has 0 bridgehead atoms. The minimum atomic E-state index is -1.94. The van der Waals surface area contributed by atoms with Crippen LogP contribution >= 0.6 is 74.4 Å². The van der Waals surface area contributed by atoms with Gasteiger partial charge in [0.2, 0.25) is 0 Å². The van der Waals surface area contributed by atoms with Gasteiger partial charge >= 0.3 is 272 Å². The molecule has 0 saturated carbocycles. The van der Waals surface area contributed by atoms with E-state index in [-0.39, 0.29) is 0 Å². The second-order valence-corrected chi connectivity index (χ2v) is 21.6. The van der Waals surface area contributed by atoms with Crippen molar-refractivity contribution >= 4 is 74.4 Å². The standard InChI is InChI=1S/C36H21Cl3I2/c37-24-12-14-35-31(20-24)29-8-1-3-10-33(29)40(35)27-7-5-6-22(17-27)23-16-26(39)19-28(18-23)41-34-11-4-2-9-30(34)32-21-25(38)13-15-36(32)41/h1-21H. The van der Waals surface area contributed by atoms with Gasteiger partial charge in [-0.05, 0) is 0 Å². The normalized spacial score (nSPS) is 14.4. The second-order valence-electron chi connectivity index (χ2n) is 9.94. The Kier molecular flexibility index (Phi) is 6.68. The topological polar surface area (TPSA) is 0 Å². The Hall–Kier alpha value is -2.35. The fraction of sp³-hybridized carbons (Fsp3) is 0. The van der Waals surface area contributed by atoms with Gasteiger partial charge in [-0.2, -0.15) is 0 Å². The van der Waals surface area contributed by atoms with Crippen molar-refractivity contribution in [2.75, 3.05) is 0 Å². The Balaban J connectivity index is 1.25. The van der Waals surface area contributed by atoms with Crippen LogP contribution in [-0.2, 0) is 0 Å². The van der Waals surface area contributed by atoms with Crippen LogP contribution in [0.5, 0.6) is 0 Å². The third kappa shape index (κ3) is 4.45. The molecular weight excluding hydrogens is 793 g/mol. The molecule has 0 atom stereocenters. The van der Waals surface area contributed by atoms with Crippen molar-refractivity contribution in [3.05, 3.63) is 164 Å². The quantitative estimate of drug-likeness (QED) is 0.156. The summed E-state index contributed by atoms with van der Waals surface area (Å²) in [5.74, 6) is 0. The van der Waals surface area contributed by atoms with Gasteiger partial charge in [0, 0.05) is 0 Å². The van der Waals surface area contributed by atoms with Gasteiger partial charge in [-0.15, -0.1) is 0 Å². The van der Waals surface area contributed by atoms with Gasteiger partial charge in [0.25, 0.3) is 0 Å². The zero-order chi connectivity index (χ0) is 27.7. The Morgan fingerprint density at radius 1 is 0.341 bits per heavy atom. The molecule has 41 heavy (non-hydrogen) atoms. The maximum atomic E-state index is 6.87. The van der Waals surface area contributed by atoms with E-state index in [2.05, 4.69) is 115 Å². The molecule has 0 aromatic heterocycles. The number of hydrogen-bond donors (Lipinski definition) is 0. The van der Waals surface area contributed by atoms with Crippen molar-refractivity contribution in [3.63, 3.8) is 0 Å². The number of rotatable bonds is 3. The Morgan fingerprint density at radius 2 is 0.878 bits per heavy atom. The molecule has 0 N–H and O–H groups in total. The van der Waals surface area contributed by atoms with Gasteiger partial charge < -0.3 is 0 Å². The first kappa shape index (κ1) is 26.3. The molecule has 0 amide bonds. The van der Waals surface area contributed by atoms with Crippen molar-refractivity contribution in [3.8, 4) is 33.4 Å². The van der Waals surface area contributed by atoms with Crippen molar-refractivity contribution in [2.24, 2.45) is 0 Å². The van der Waals surface area contributed by atoms with Crippen LogP contribution in [0.3, 0.4) is 0 Å². The van der Waals surface area contributed by atoms with E-state index in [1.54, 1.807) is 0 Å². The fourth-order valence-corrected chi connectivity index (χ4v) is 19.3. The molecule has 5 heteroatoms. The number of hydrogen-bond acceptors (Lipinski definition) is 0. The summed E-state index contributed by atoms with van der Waals surface area (Å²) in [5, 5.41) is 2.35. The Bertz CT molecular complexity index is 2020. The van der Waals surface area contributed by atoms with E-state index in [1.807, 2.05) is 12.1 Å².